The second-order valence-corrected chi connectivity index (χ2v) is 8.78. The number of anilines is 1. The van der Waals surface area contributed by atoms with Crippen LogP contribution >= 0.6 is 23.1 Å². The first-order chi connectivity index (χ1) is 15.0. The van der Waals surface area contributed by atoms with Gasteiger partial charge in [-0.15, -0.1) is 10.2 Å². The third kappa shape index (κ3) is 4.78. The fourth-order valence-electron chi connectivity index (χ4n) is 2.97. The van der Waals surface area contributed by atoms with Crippen molar-refractivity contribution < 1.29 is 9.53 Å². The van der Waals surface area contributed by atoms with Gasteiger partial charge in [-0.25, -0.2) is 4.98 Å². The smallest absolute Gasteiger partial charge is 0.286 e. The molecule has 0 unspecified atom stereocenters. The Labute approximate surface area is 188 Å². The Morgan fingerprint density at radius 3 is 2.74 bits per heavy atom. The lowest BCUT2D eigenvalue weighted by molar-refractivity contribution is 0.102. The van der Waals surface area contributed by atoms with Crippen molar-refractivity contribution in [2.45, 2.75) is 24.8 Å². The number of imidazole rings is 1. The van der Waals surface area contributed by atoms with E-state index in [0.29, 0.717) is 16.4 Å². The van der Waals surface area contributed by atoms with Crippen LogP contribution < -0.4 is 10.1 Å². The van der Waals surface area contributed by atoms with E-state index >= 15 is 0 Å². The number of thioether (sulfide) groups is 1. The Morgan fingerprint density at radius 2 is 1.97 bits per heavy atom. The SMILES string of the molecule is COc1ccc(NC(=O)c2nnc(CSc3nccn3-c3cccc(C)c3C)s2)cc1. The quantitative estimate of drug-likeness (QED) is 0.403. The van der Waals surface area contributed by atoms with Crippen LogP contribution in [0, 0.1) is 13.8 Å². The normalized spacial score (nSPS) is 10.8. The molecule has 4 rings (SSSR count). The van der Waals surface area contributed by atoms with Gasteiger partial charge in [0.25, 0.3) is 5.91 Å². The fourth-order valence-corrected chi connectivity index (χ4v) is 4.65. The zero-order valence-corrected chi connectivity index (χ0v) is 19.0. The summed E-state index contributed by atoms with van der Waals surface area (Å²) in [6.45, 7) is 4.21. The van der Waals surface area contributed by atoms with Crippen LogP contribution in [0.4, 0.5) is 5.69 Å². The van der Waals surface area contributed by atoms with Crippen LogP contribution in [0.2, 0.25) is 0 Å². The first-order valence-electron chi connectivity index (χ1n) is 9.55. The number of aromatic nitrogens is 4. The topological polar surface area (TPSA) is 81.9 Å². The zero-order valence-electron chi connectivity index (χ0n) is 17.3. The molecule has 0 bridgehead atoms. The van der Waals surface area contributed by atoms with E-state index < -0.39 is 0 Å². The summed E-state index contributed by atoms with van der Waals surface area (Å²) in [5.74, 6) is 1.03. The molecule has 1 amide bonds. The van der Waals surface area contributed by atoms with Gasteiger partial charge in [0.15, 0.2) is 5.16 Å². The molecule has 7 nitrogen and oxygen atoms in total. The van der Waals surface area contributed by atoms with Crippen LogP contribution in [0.15, 0.2) is 60.0 Å². The van der Waals surface area contributed by atoms with Crippen molar-refractivity contribution in [3.63, 3.8) is 0 Å². The molecule has 2 aromatic carbocycles. The third-order valence-corrected chi connectivity index (χ3v) is 6.86. The molecule has 0 saturated heterocycles. The predicted octanol–water partition coefficient (Wildman–Crippen LogP) is 4.89. The number of ether oxygens (including phenoxy) is 1. The largest absolute Gasteiger partial charge is 0.497 e. The van der Waals surface area contributed by atoms with E-state index in [1.165, 1.54) is 22.5 Å². The highest BCUT2D eigenvalue weighted by molar-refractivity contribution is 7.98. The molecular weight excluding hydrogens is 430 g/mol. The van der Waals surface area contributed by atoms with Crippen LogP contribution in [-0.2, 0) is 5.75 Å². The minimum atomic E-state index is -0.282. The Balaban J connectivity index is 1.41. The number of aryl methyl sites for hydroxylation is 1. The summed E-state index contributed by atoms with van der Waals surface area (Å²) < 4.78 is 7.20. The summed E-state index contributed by atoms with van der Waals surface area (Å²) in [7, 11) is 1.60. The van der Waals surface area contributed by atoms with Crippen LogP contribution in [0.25, 0.3) is 5.69 Å². The lowest BCUT2D eigenvalue weighted by Gasteiger charge is -2.11. The average molecular weight is 452 g/mol. The maximum Gasteiger partial charge on any atom is 0.286 e. The van der Waals surface area contributed by atoms with E-state index in [9.17, 15) is 4.79 Å². The number of nitrogens with zero attached hydrogens (tertiary/aromatic N) is 4. The molecule has 4 aromatic rings. The number of carbonyl (C=O) groups is 1. The summed E-state index contributed by atoms with van der Waals surface area (Å²) >= 11 is 2.84. The highest BCUT2D eigenvalue weighted by atomic mass is 32.2. The number of benzene rings is 2. The molecule has 0 aliphatic rings. The molecule has 0 aliphatic carbocycles. The Hall–Kier alpha value is -3.17. The van der Waals surface area contributed by atoms with Crippen molar-refractivity contribution >= 4 is 34.7 Å². The van der Waals surface area contributed by atoms with Crippen molar-refractivity contribution in [2.24, 2.45) is 0 Å². The second kappa shape index (κ2) is 9.32. The standard InChI is InChI=1S/C22H21N5O2S2/c1-14-5-4-6-18(15(14)2)27-12-11-23-22(27)30-13-19-25-26-21(31-19)20(28)24-16-7-9-17(29-3)10-8-16/h4-12H,13H2,1-3H3,(H,24,28). The number of hydrogen-bond donors (Lipinski definition) is 1. The summed E-state index contributed by atoms with van der Waals surface area (Å²) in [5, 5.41) is 13.0. The number of amides is 1. The van der Waals surface area contributed by atoms with Crippen LogP contribution in [0.3, 0.4) is 0 Å². The predicted molar refractivity (Wildman–Crippen MR) is 123 cm³/mol. The van der Waals surface area contributed by atoms with E-state index in [0.717, 1.165) is 21.6 Å². The summed E-state index contributed by atoms with van der Waals surface area (Å²) in [6.07, 6.45) is 3.75. The van der Waals surface area contributed by atoms with Crippen molar-refractivity contribution in [1.82, 2.24) is 19.7 Å². The molecule has 0 fully saturated rings. The van der Waals surface area contributed by atoms with Crippen LogP contribution in [0.1, 0.15) is 25.9 Å². The number of carbonyl (C=O) groups excluding carboxylic acids is 1. The van der Waals surface area contributed by atoms with E-state index in [2.05, 4.69) is 51.0 Å². The Bertz CT molecular complexity index is 1200. The van der Waals surface area contributed by atoms with Gasteiger partial charge in [0.05, 0.1) is 18.6 Å². The lowest BCUT2D eigenvalue weighted by Crippen LogP contribution is -2.11. The molecule has 1 N–H and O–H groups in total. The van der Waals surface area contributed by atoms with E-state index in [1.54, 1.807) is 49.3 Å². The van der Waals surface area contributed by atoms with Crippen molar-refractivity contribution in [3.8, 4) is 11.4 Å². The lowest BCUT2D eigenvalue weighted by atomic mass is 10.1. The molecular formula is C22H21N5O2S2. The minimum Gasteiger partial charge on any atom is -0.497 e. The molecule has 31 heavy (non-hydrogen) atoms. The number of methoxy groups -OCH3 is 1. The highest BCUT2D eigenvalue weighted by Gasteiger charge is 2.15. The first-order valence-corrected chi connectivity index (χ1v) is 11.4. The van der Waals surface area contributed by atoms with Gasteiger partial charge in [0.1, 0.15) is 10.8 Å². The molecule has 2 heterocycles. The van der Waals surface area contributed by atoms with Gasteiger partial charge in [-0.2, -0.15) is 0 Å². The van der Waals surface area contributed by atoms with Crippen LogP contribution in [0.5, 0.6) is 5.75 Å². The first kappa shape index (κ1) is 21.1. The average Bonchev–Trinajstić information content (AvgIpc) is 3.44. The third-order valence-electron chi connectivity index (χ3n) is 4.78. The molecule has 0 radical (unpaired) electrons. The maximum absolute atomic E-state index is 12.5. The molecule has 0 aliphatic heterocycles. The molecule has 9 heteroatoms. The molecule has 0 saturated carbocycles. The van der Waals surface area contributed by atoms with Gasteiger partial charge >= 0.3 is 0 Å². The summed E-state index contributed by atoms with van der Waals surface area (Å²) in [6, 6.07) is 13.4. The zero-order chi connectivity index (χ0) is 21.8. The molecule has 2 aromatic heterocycles. The van der Waals surface area contributed by atoms with Gasteiger partial charge in [0, 0.05) is 18.1 Å². The van der Waals surface area contributed by atoms with Crippen molar-refractivity contribution in [1.29, 1.82) is 0 Å². The van der Waals surface area contributed by atoms with E-state index in [4.69, 9.17) is 4.74 Å². The van der Waals surface area contributed by atoms with Crippen LogP contribution in [-0.4, -0.2) is 32.8 Å². The number of hydrogen-bond acceptors (Lipinski definition) is 7. The number of nitrogens with one attached hydrogen (secondary N) is 1. The fraction of sp³-hybridized carbons (Fsp3) is 0.182. The molecule has 0 atom stereocenters. The van der Waals surface area contributed by atoms with Gasteiger partial charge in [-0.3, -0.25) is 9.36 Å². The van der Waals surface area contributed by atoms with Gasteiger partial charge in [0.2, 0.25) is 5.01 Å². The Morgan fingerprint density at radius 1 is 1.16 bits per heavy atom. The van der Waals surface area contributed by atoms with Crippen molar-refractivity contribution in [3.05, 3.63) is 76.0 Å². The van der Waals surface area contributed by atoms with Gasteiger partial charge in [-0.1, -0.05) is 35.2 Å². The summed E-state index contributed by atoms with van der Waals surface area (Å²) in [5.41, 5.74) is 4.24. The van der Waals surface area contributed by atoms with E-state index in [-0.39, 0.29) is 5.91 Å². The van der Waals surface area contributed by atoms with Crippen molar-refractivity contribution in [2.75, 3.05) is 12.4 Å². The number of rotatable bonds is 7. The molecule has 158 valence electrons. The van der Waals surface area contributed by atoms with Gasteiger partial charge < -0.3 is 10.1 Å². The molecule has 0 spiro atoms. The highest BCUT2D eigenvalue weighted by Crippen LogP contribution is 2.27. The van der Waals surface area contributed by atoms with E-state index in [1.807, 2.05) is 12.3 Å². The Kier molecular flexibility index (Phi) is 6.34. The minimum absolute atomic E-state index is 0.282. The monoisotopic (exact) mass is 451 g/mol. The summed E-state index contributed by atoms with van der Waals surface area (Å²) in [4.78, 5) is 16.9. The second-order valence-electron chi connectivity index (χ2n) is 6.77. The van der Waals surface area contributed by atoms with Gasteiger partial charge in [-0.05, 0) is 55.3 Å². The maximum atomic E-state index is 12.5.